The van der Waals surface area contributed by atoms with Crippen LogP contribution in [0.25, 0.3) is 0 Å². The van der Waals surface area contributed by atoms with E-state index in [1.807, 2.05) is 49.4 Å². The Labute approximate surface area is 141 Å². The number of benzene rings is 2. The van der Waals surface area contributed by atoms with E-state index in [4.69, 9.17) is 14.2 Å². The minimum Gasteiger partial charge on any atom is -0.497 e. The smallest absolute Gasteiger partial charge is 0.319 e. The zero-order chi connectivity index (χ0) is 17.4. The summed E-state index contributed by atoms with van der Waals surface area (Å²) in [5, 5.41) is 5.51. The summed E-state index contributed by atoms with van der Waals surface area (Å²) in [7, 11) is 3.18. The Kier molecular flexibility index (Phi) is 6.31. The highest BCUT2D eigenvalue weighted by molar-refractivity contribution is 5.91. The van der Waals surface area contributed by atoms with Crippen molar-refractivity contribution in [3.63, 3.8) is 0 Å². The van der Waals surface area contributed by atoms with Gasteiger partial charge in [0.15, 0.2) is 0 Å². The quantitative estimate of drug-likeness (QED) is 0.765. The number of urea groups is 1. The molecule has 0 unspecified atom stereocenters. The molecule has 0 aliphatic carbocycles. The molecule has 0 spiro atoms. The zero-order valence-electron chi connectivity index (χ0n) is 14.1. The fourth-order valence-corrected chi connectivity index (χ4v) is 2.09. The van der Waals surface area contributed by atoms with E-state index in [1.54, 1.807) is 14.2 Å². The molecule has 0 saturated heterocycles. The highest BCUT2D eigenvalue weighted by Gasteiger charge is 2.07. The lowest BCUT2D eigenvalue weighted by molar-refractivity contribution is 0.247. The van der Waals surface area contributed by atoms with Crippen molar-refractivity contribution in [3.05, 3.63) is 48.0 Å². The monoisotopic (exact) mass is 330 g/mol. The van der Waals surface area contributed by atoms with Gasteiger partial charge in [0.1, 0.15) is 23.9 Å². The number of methoxy groups -OCH3 is 2. The van der Waals surface area contributed by atoms with Crippen molar-refractivity contribution in [2.75, 3.05) is 32.7 Å². The van der Waals surface area contributed by atoms with E-state index in [1.165, 1.54) is 0 Å². The molecule has 0 fully saturated rings. The third-order valence-corrected chi connectivity index (χ3v) is 3.32. The normalized spacial score (nSPS) is 9.96. The molecule has 2 rings (SSSR count). The average molecular weight is 330 g/mol. The van der Waals surface area contributed by atoms with Gasteiger partial charge in [0.25, 0.3) is 0 Å². The van der Waals surface area contributed by atoms with E-state index in [9.17, 15) is 4.79 Å². The Morgan fingerprint density at radius 2 is 1.71 bits per heavy atom. The minimum absolute atomic E-state index is 0.308. The average Bonchev–Trinajstić information content (AvgIpc) is 2.59. The number of carbonyl (C=O) groups is 1. The number of hydrogen-bond donors (Lipinski definition) is 2. The molecule has 2 aromatic carbocycles. The summed E-state index contributed by atoms with van der Waals surface area (Å²) in [5.41, 5.74) is 1.67. The van der Waals surface area contributed by atoms with E-state index in [0.29, 0.717) is 24.6 Å². The van der Waals surface area contributed by atoms with Gasteiger partial charge in [0.2, 0.25) is 0 Å². The van der Waals surface area contributed by atoms with Gasteiger partial charge >= 0.3 is 6.03 Å². The van der Waals surface area contributed by atoms with Crippen LogP contribution in [-0.2, 0) is 0 Å². The van der Waals surface area contributed by atoms with Gasteiger partial charge in [-0.15, -0.1) is 0 Å². The summed E-state index contributed by atoms with van der Waals surface area (Å²) in [6, 6.07) is 12.6. The van der Waals surface area contributed by atoms with Crippen LogP contribution in [-0.4, -0.2) is 33.4 Å². The third kappa shape index (κ3) is 5.08. The first-order chi connectivity index (χ1) is 11.6. The Morgan fingerprint density at radius 1 is 1.00 bits per heavy atom. The van der Waals surface area contributed by atoms with Crippen molar-refractivity contribution in [1.82, 2.24) is 5.32 Å². The van der Waals surface area contributed by atoms with Crippen LogP contribution >= 0.6 is 0 Å². The predicted molar refractivity (Wildman–Crippen MR) is 93.2 cm³/mol. The number of nitrogens with one attached hydrogen (secondary N) is 2. The van der Waals surface area contributed by atoms with Crippen LogP contribution in [0.2, 0.25) is 0 Å². The maximum Gasteiger partial charge on any atom is 0.319 e. The number of aryl methyl sites for hydroxylation is 1. The van der Waals surface area contributed by atoms with Crippen LogP contribution in [0.4, 0.5) is 10.5 Å². The summed E-state index contributed by atoms with van der Waals surface area (Å²) < 4.78 is 15.9. The molecule has 2 aromatic rings. The Morgan fingerprint density at radius 3 is 2.38 bits per heavy atom. The molecule has 2 N–H and O–H groups in total. The van der Waals surface area contributed by atoms with Gasteiger partial charge in [0.05, 0.1) is 26.5 Å². The second-order valence-corrected chi connectivity index (χ2v) is 5.11. The third-order valence-electron chi connectivity index (χ3n) is 3.32. The number of carbonyl (C=O) groups excluding carboxylic acids is 1. The Balaban J connectivity index is 1.76. The van der Waals surface area contributed by atoms with Gasteiger partial charge in [-0.1, -0.05) is 6.07 Å². The molecule has 0 atom stereocenters. The molecule has 0 heterocycles. The molecule has 128 valence electrons. The number of hydrogen-bond acceptors (Lipinski definition) is 4. The van der Waals surface area contributed by atoms with Gasteiger partial charge in [-0.25, -0.2) is 4.79 Å². The van der Waals surface area contributed by atoms with E-state index in [0.717, 1.165) is 17.1 Å². The first-order valence-electron chi connectivity index (χ1n) is 7.58. The summed E-state index contributed by atoms with van der Waals surface area (Å²) in [6.07, 6.45) is 0. The molecule has 0 aliphatic heterocycles. The molecule has 6 nitrogen and oxygen atoms in total. The highest BCUT2D eigenvalue weighted by atomic mass is 16.5. The lowest BCUT2D eigenvalue weighted by Crippen LogP contribution is -2.32. The largest absolute Gasteiger partial charge is 0.497 e. The molecule has 6 heteroatoms. The lowest BCUT2D eigenvalue weighted by atomic mass is 10.2. The van der Waals surface area contributed by atoms with E-state index < -0.39 is 0 Å². The van der Waals surface area contributed by atoms with Crippen LogP contribution in [0.5, 0.6) is 17.2 Å². The second-order valence-electron chi connectivity index (χ2n) is 5.11. The Hall–Kier alpha value is -2.89. The van der Waals surface area contributed by atoms with Gasteiger partial charge in [-0.2, -0.15) is 0 Å². The van der Waals surface area contributed by atoms with Crippen molar-refractivity contribution in [2.24, 2.45) is 0 Å². The van der Waals surface area contributed by atoms with E-state index in [2.05, 4.69) is 10.6 Å². The second kappa shape index (κ2) is 8.67. The first-order valence-corrected chi connectivity index (χ1v) is 7.58. The number of anilines is 1. The molecular weight excluding hydrogens is 308 g/mol. The molecule has 0 bridgehead atoms. The molecule has 0 aromatic heterocycles. The zero-order valence-corrected chi connectivity index (χ0v) is 14.1. The van der Waals surface area contributed by atoms with Crippen molar-refractivity contribution in [1.29, 1.82) is 0 Å². The van der Waals surface area contributed by atoms with Gasteiger partial charge in [-0.05, 0) is 48.9 Å². The Bertz CT molecular complexity index is 671. The number of amides is 2. The van der Waals surface area contributed by atoms with Gasteiger partial charge < -0.3 is 24.8 Å². The maximum absolute atomic E-state index is 11.9. The summed E-state index contributed by atoms with van der Waals surface area (Å²) in [6.45, 7) is 2.70. The van der Waals surface area contributed by atoms with Crippen LogP contribution in [0.1, 0.15) is 5.56 Å². The van der Waals surface area contributed by atoms with E-state index in [-0.39, 0.29) is 6.03 Å². The van der Waals surface area contributed by atoms with Crippen molar-refractivity contribution in [3.8, 4) is 17.2 Å². The summed E-state index contributed by atoms with van der Waals surface area (Å²) in [4.78, 5) is 11.9. The minimum atomic E-state index is -0.308. The number of ether oxygens (including phenoxy) is 3. The molecular formula is C18H22N2O4. The van der Waals surface area contributed by atoms with Crippen molar-refractivity contribution in [2.45, 2.75) is 6.92 Å². The first kappa shape index (κ1) is 17.5. The maximum atomic E-state index is 11.9. The van der Waals surface area contributed by atoms with Crippen LogP contribution in [0.3, 0.4) is 0 Å². The highest BCUT2D eigenvalue weighted by Crippen LogP contribution is 2.24. The molecule has 0 saturated carbocycles. The van der Waals surface area contributed by atoms with E-state index >= 15 is 0 Å². The fourth-order valence-electron chi connectivity index (χ4n) is 2.09. The van der Waals surface area contributed by atoms with Crippen molar-refractivity contribution >= 4 is 11.7 Å². The van der Waals surface area contributed by atoms with Crippen LogP contribution in [0.15, 0.2) is 42.5 Å². The van der Waals surface area contributed by atoms with Crippen LogP contribution < -0.4 is 24.8 Å². The summed E-state index contributed by atoms with van der Waals surface area (Å²) in [5.74, 6) is 2.11. The topological polar surface area (TPSA) is 68.8 Å². The van der Waals surface area contributed by atoms with Gasteiger partial charge in [0, 0.05) is 0 Å². The van der Waals surface area contributed by atoms with Gasteiger partial charge in [-0.3, -0.25) is 0 Å². The molecule has 0 radical (unpaired) electrons. The van der Waals surface area contributed by atoms with Crippen molar-refractivity contribution < 1.29 is 19.0 Å². The molecule has 2 amide bonds. The standard InChI is InChI=1S/C18H22N2O4/c1-13-4-9-17(23-3)16(12-13)20-18(21)19-10-11-24-15-7-5-14(22-2)6-8-15/h4-9,12H,10-11H2,1-3H3,(H2,19,20,21). The molecule has 0 aliphatic rings. The summed E-state index contributed by atoms with van der Waals surface area (Å²) >= 11 is 0. The SMILES string of the molecule is COc1ccc(OCCNC(=O)Nc2cc(C)ccc2OC)cc1. The lowest BCUT2D eigenvalue weighted by Gasteiger charge is -2.12. The predicted octanol–water partition coefficient (Wildman–Crippen LogP) is 3.21. The number of rotatable bonds is 7. The van der Waals surface area contributed by atoms with Crippen LogP contribution in [0, 0.1) is 6.92 Å². The fraction of sp³-hybridized carbons (Fsp3) is 0.278. The molecule has 24 heavy (non-hydrogen) atoms.